The second-order valence-electron chi connectivity index (χ2n) is 5.78. The first-order valence-electron chi connectivity index (χ1n) is 8.68. The van der Waals surface area contributed by atoms with Crippen LogP contribution in [-0.2, 0) is 0 Å². The van der Waals surface area contributed by atoms with Crippen molar-refractivity contribution >= 4 is 0 Å². The summed E-state index contributed by atoms with van der Waals surface area (Å²) < 4.78 is 5.48. The van der Waals surface area contributed by atoms with Gasteiger partial charge in [0.15, 0.2) is 0 Å². The molecular weight excluding hydrogens is 260 g/mol. The monoisotopic (exact) mass is 292 g/mol. The Kier molecular flexibility index (Phi) is 9.98. The molecule has 0 amide bonds. The minimum absolute atomic E-state index is 0.356. The van der Waals surface area contributed by atoms with Gasteiger partial charge in [-0.25, -0.2) is 0 Å². The molecule has 120 valence electrons. The number of rotatable bonds is 12. The van der Waals surface area contributed by atoms with Gasteiger partial charge in [0.25, 0.3) is 0 Å². The molecule has 0 aliphatic heterocycles. The van der Waals surface area contributed by atoms with Gasteiger partial charge in [-0.05, 0) is 31.0 Å². The molecule has 0 spiro atoms. The average Bonchev–Trinajstić information content (AvgIpc) is 2.50. The van der Waals surface area contributed by atoms with Crippen molar-refractivity contribution in [2.75, 3.05) is 6.61 Å². The number of aliphatic hydroxyl groups excluding tert-OH is 1. The third-order valence-electron chi connectivity index (χ3n) is 3.88. The van der Waals surface area contributed by atoms with Gasteiger partial charge in [-0.15, -0.1) is 0 Å². The average molecular weight is 292 g/mol. The lowest BCUT2D eigenvalue weighted by atomic mass is 10.0. The molecule has 1 aromatic rings. The molecule has 0 radical (unpaired) electrons. The number of unbranched alkanes of at least 4 members (excludes halogenated alkanes) is 7. The fraction of sp³-hybridized carbons (Fsp3) is 0.684. The number of aliphatic hydroxyl groups is 1. The second-order valence-corrected chi connectivity index (χ2v) is 5.78. The molecule has 21 heavy (non-hydrogen) atoms. The SMILES string of the molecule is CCCCCCCCCCC(O)c1cccc(OCC)c1. The number of hydrogen-bond acceptors (Lipinski definition) is 2. The Morgan fingerprint density at radius 3 is 2.29 bits per heavy atom. The minimum atomic E-state index is -0.356. The summed E-state index contributed by atoms with van der Waals surface area (Å²) in [6.07, 6.45) is 10.9. The molecule has 0 aliphatic rings. The van der Waals surface area contributed by atoms with Crippen LogP contribution < -0.4 is 4.74 Å². The molecule has 1 aromatic carbocycles. The Balaban J connectivity index is 2.15. The summed E-state index contributed by atoms with van der Waals surface area (Å²) in [5.41, 5.74) is 0.976. The molecule has 0 bridgehead atoms. The van der Waals surface area contributed by atoms with Crippen molar-refractivity contribution in [3.05, 3.63) is 29.8 Å². The summed E-state index contributed by atoms with van der Waals surface area (Å²) in [4.78, 5) is 0. The highest BCUT2D eigenvalue weighted by molar-refractivity contribution is 5.29. The zero-order chi connectivity index (χ0) is 15.3. The second kappa shape index (κ2) is 11.6. The van der Waals surface area contributed by atoms with Crippen molar-refractivity contribution in [1.29, 1.82) is 0 Å². The summed E-state index contributed by atoms with van der Waals surface area (Å²) in [5, 5.41) is 10.2. The van der Waals surface area contributed by atoms with Gasteiger partial charge in [-0.3, -0.25) is 0 Å². The van der Waals surface area contributed by atoms with Crippen molar-refractivity contribution in [3.63, 3.8) is 0 Å². The molecule has 0 fully saturated rings. The zero-order valence-corrected chi connectivity index (χ0v) is 13.8. The van der Waals surface area contributed by atoms with E-state index >= 15 is 0 Å². The third-order valence-corrected chi connectivity index (χ3v) is 3.88. The van der Waals surface area contributed by atoms with E-state index in [4.69, 9.17) is 4.74 Å². The fourth-order valence-corrected chi connectivity index (χ4v) is 2.62. The van der Waals surface area contributed by atoms with Crippen LogP contribution in [0.2, 0.25) is 0 Å². The summed E-state index contributed by atoms with van der Waals surface area (Å²) in [6, 6.07) is 7.84. The first-order chi connectivity index (χ1) is 10.3. The smallest absolute Gasteiger partial charge is 0.119 e. The Morgan fingerprint density at radius 2 is 1.62 bits per heavy atom. The van der Waals surface area contributed by atoms with Gasteiger partial charge in [0.05, 0.1) is 12.7 Å². The van der Waals surface area contributed by atoms with E-state index < -0.39 is 0 Å². The van der Waals surface area contributed by atoms with Crippen molar-refractivity contribution < 1.29 is 9.84 Å². The Labute approximate surface area is 130 Å². The Morgan fingerprint density at radius 1 is 0.952 bits per heavy atom. The van der Waals surface area contributed by atoms with Crippen LogP contribution >= 0.6 is 0 Å². The number of hydrogen-bond donors (Lipinski definition) is 1. The van der Waals surface area contributed by atoms with Gasteiger partial charge in [-0.1, -0.05) is 70.4 Å². The minimum Gasteiger partial charge on any atom is -0.494 e. The summed E-state index contributed by atoms with van der Waals surface area (Å²) in [6.45, 7) is 4.89. The van der Waals surface area contributed by atoms with Gasteiger partial charge in [-0.2, -0.15) is 0 Å². The van der Waals surface area contributed by atoms with E-state index in [-0.39, 0.29) is 6.10 Å². The van der Waals surface area contributed by atoms with E-state index in [9.17, 15) is 5.11 Å². The maximum atomic E-state index is 10.2. The highest BCUT2D eigenvalue weighted by atomic mass is 16.5. The molecule has 1 atom stereocenters. The highest BCUT2D eigenvalue weighted by Crippen LogP contribution is 2.23. The Hall–Kier alpha value is -1.02. The van der Waals surface area contributed by atoms with E-state index in [1.807, 2.05) is 31.2 Å². The summed E-state index contributed by atoms with van der Waals surface area (Å²) in [7, 11) is 0. The van der Waals surface area contributed by atoms with Crippen molar-refractivity contribution in [1.82, 2.24) is 0 Å². The quantitative estimate of drug-likeness (QED) is 0.504. The van der Waals surface area contributed by atoms with Crippen LogP contribution in [0.3, 0.4) is 0 Å². The topological polar surface area (TPSA) is 29.5 Å². The van der Waals surface area contributed by atoms with Crippen LogP contribution in [0, 0.1) is 0 Å². The molecule has 1 N–H and O–H groups in total. The molecule has 1 rings (SSSR count). The predicted octanol–water partition coefficient (Wildman–Crippen LogP) is 5.65. The number of benzene rings is 1. The molecule has 1 unspecified atom stereocenters. The highest BCUT2D eigenvalue weighted by Gasteiger charge is 2.08. The van der Waals surface area contributed by atoms with Crippen LogP contribution in [0.25, 0.3) is 0 Å². The van der Waals surface area contributed by atoms with Crippen LogP contribution in [-0.4, -0.2) is 11.7 Å². The molecule has 2 heteroatoms. The lowest BCUT2D eigenvalue weighted by Gasteiger charge is -2.12. The molecule has 0 heterocycles. The van der Waals surface area contributed by atoms with Crippen LogP contribution in [0.1, 0.15) is 83.3 Å². The van der Waals surface area contributed by atoms with Gasteiger partial charge in [0.2, 0.25) is 0 Å². The van der Waals surface area contributed by atoms with Crippen LogP contribution in [0.4, 0.5) is 0 Å². The molecule has 0 aromatic heterocycles. The van der Waals surface area contributed by atoms with Crippen molar-refractivity contribution in [2.24, 2.45) is 0 Å². The molecular formula is C19H32O2. The lowest BCUT2D eigenvalue weighted by molar-refractivity contribution is 0.163. The molecule has 0 aliphatic carbocycles. The third kappa shape index (κ3) is 8.11. The Bertz CT molecular complexity index is 362. The first-order valence-corrected chi connectivity index (χ1v) is 8.68. The summed E-state index contributed by atoms with van der Waals surface area (Å²) in [5.74, 6) is 0.852. The largest absolute Gasteiger partial charge is 0.494 e. The van der Waals surface area contributed by atoms with E-state index in [2.05, 4.69) is 6.92 Å². The van der Waals surface area contributed by atoms with E-state index in [1.54, 1.807) is 0 Å². The van der Waals surface area contributed by atoms with Gasteiger partial charge in [0.1, 0.15) is 5.75 Å². The fourth-order valence-electron chi connectivity index (χ4n) is 2.62. The van der Waals surface area contributed by atoms with E-state index in [0.29, 0.717) is 6.61 Å². The van der Waals surface area contributed by atoms with Crippen molar-refractivity contribution in [2.45, 2.75) is 77.7 Å². The normalized spacial score (nSPS) is 12.3. The number of ether oxygens (including phenoxy) is 1. The maximum absolute atomic E-state index is 10.2. The van der Waals surface area contributed by atoms with Gasteiger partial charge < -0.3 is 9.84 Å². The first kappa shape index (κ1) is 18.0. The lowest BCUT2D eigenvalue weighted by Crippen LogP contribution is -1.99. The van der Waals surface area contributed by atoms with Crippen molar-refractivity contribution in [3.8, 4) is 5.75 Å². The predicted molar refractivity (Wildman–Crippen MR) is 89.8 cm³/mol. The van der Waals surface area contributed by atoms with E-state index in [0.717, 1.165) is 24.2 Å². The van der Waals surface area contributed by atoms with Gasteiger partial charge >= 0.3 is 0 Å². The van der Waals surface area contributed by atoms with Crippen LogP contribution in [0.5, 0.6) is 5.75 Å². The zero-order valence-electron chi connectivity index (χ0n) is 13.8. The molecule has 2 nitrogen and oxygen atoms in total. The maximum Gasteiger partial charge on any atom is 0.119 e. The molecule has 0 saturated heterocycles. The summed E-state index contributed by atoms with van der Waals surface area (Å²) >= 11 is 0. The standard InChI is InChI=1S/C19H32O2/c1-3-5-6-7-8-9-10-11-15-19(20)17-13-12-14-18(16-17)21-4-2/h12-14,16,19-20H,3-11,15H2,1-2H3. The molecule has 0 saturated carbocycles. The van der Waals surface area contributed by atoms with Crippen LogP contribution in [0.15, 0.2) is 24.3 Å². The van der Waals surface area contributed by atoms with Gasteiger partial charge in [0, 0.05) is 0 Å². The van der Waals surface area contributed by atoms with E-state index in [1.165, 1.54) is 44.9 Å².